The van der Waals surface area contributed by atoms with Crippen LogP contribution in [0.15, 0.2) is 21.1 Å². The molecule has 0 amide bonds. The molecule has 0 saturated heterocycles. The molecule has 1 nitrogen and oxygen atoms in total. The fraction of sp³-hybridized carbons (Fsp3) is 0.300. The molecular weight excluding hydrogens is 315 g/mol. The molecule has 0 aliphatic carbocycles. The molecule has 0 spiro atoms. The summed E-state index contributed by atoms with van der Waals surface area (Å²) in [6.45, 7) is 3.63. The summed E-state index contributed by atoms with van der Waals surface area (Å²) in [5, 5.41) is 0. The van der Waals surface area contributed by atoms with E-state index in [0.717, 1.165) is 0 Å². The van der Waals surface area contributed by atoms with E-state index in [0.29, 0.717) is 14.5 Å². The van der Waals surface area contributed by atoms with Crippen molar-refractivity contribution in [2.75, 3.05) is 0 Å². The number of halogens is 3. The van der Waals surface area contributed by atoms with E-state index in [1.165, 1.54) is 12.1 Å². The highest BCUT2D eigenvalue weighted by atomic mass is 79.9. The van der Waals surface area contributed by atoms with Crippen LogP contribution in [0.2, 0.25) is 0 Å². The average Bonchev–Trinajstić information content (AvgIpc) is 2.12. The molecule has 0 fully saturated rings. The first kappa shape index (κ1) is 11.9. The molecule has 0 aliphatic heterocycles. The molecule has 0 saturated carbocycles. The van der Waals surface area contributed by atoms with Gasteiger partial charge in [-0.3, -0.25) is 4.79 Å². The molecule has 1 aromatic rings. The van der Waals surface area contributed by atoms with Crippen molar-refractivity contribution >= 4 is 37.6 Å². The monoisotopic (exact) mass is 322 g/mol. The van der Waals surface area contributed by atoms with Gasteiger partial charge >= 0.3 is 0 Å². The number of rotatable bonds is 2. The zero-order valence-corrected chi connectivity index (χ0v) is 10.9. The smallest absolute Gasteiger partial charge is 0.165 e. The van der Waals surface area contributed by atoms with Gasteiger partial charge in [0.15, 0.2) is 11.6 Å². The van der Waals surface area contributed by atoms with Crippen molar-refractivity contribution in [3.8, 4) is 0 Å². The minimum absolute atomic E-state index is 0.00593. The van der Waals surface area contributed by atoms with Crippen LogP contribution in [-0.2, 0) is 0 Å². The summed E-state index contributed by atoms with van der Waals surface area (Å²) >= 11 is 6.11. The third kappa shape index (κ3) is 2.42. The molecule has 1 rings (SSSR count). The van der Waals surface area contributed by atoms with Crippen molar-refractivity contribution in [2.24, 2.45) is 5.92 Å². The Labute approximate surface area is 99.0 Å². The van der Waals surface area contributed by atoms with E-state index in [-0.39, 0.29) is 17.5 Å². The minimum Gasteiger partial charge on any atom is -0.294 e. The Hall–Kier alpha value is -0.220. The number of benzene rings is 1. The average molecular weight is 324 g/mol. The van der Waals surface area contributed by atoms with Crippen molar-refractivity contribution in [1.82, 2.24) is 0 Å². The van der Waals surface area contributed by atoms with Gasteiger partial charge in [0.05, 0.1) is 8.95 Å². The number of hydrogen-bond donors (Lipinski definition) is 0. The molecule has 0 unspecified atom stereocenters. The van der Waals surface area contributed by atoms with Crippen LogP contribution in [-0.4, -0.2) is 5.78 Å². The zero-order valence-electron chi connectivity index (χ0n) is 7.77. The van der Waals surface area contributed by atoms with Crippen LogP contribution < -0.4 is 0 Å². The van der Waals surface area contributed by atoms with Crippen LogP contribution in [0, 0.1) is 11.7 Å². The highest BCUT2D eigenvalue weighted by molar-refractivity contribution is 9.11. The van der Waals surface area contributed by atoms with Crippen molar-refractivity contribution < 1.29 is 9.18 Å². The van der Waals surface area contributed by atoms with E-state index >= 15 is 0 Å². The molecule has 0 radical (unpaired) electrons. The summed E-state index contributed by atoms with van der Waals surface area (Å²) in [7, 11) is 0. The van der Waals surface area contributed by atoms with Crippen LogP contribution in [0.4, 0.5) is 4.39 Å². The molecule has 0 heterocycles. The number of carbonyl (C=O) groups excluding carboxylic acids is 1. The van der Waals surface area contributed by atoms with Gasteiger partial charge in [0.1, 0.15) is 0 Å². The van der Waals surface area contributed by atoms with E-state index in [9.17, 15) is 9.18 Å². The van der Waals surface area contributed by atoms with Crippen LogP contribution in [0.1, 0.15) is 24.2 Å². The second-order valence-corrected chi connectivity index (χ2v) is 4.98. The van der Waals surface area contributed by atoms with Crippen LogP contribution in [0.3, 0.4) is 0 Å². The van der Waals surface area contributed by atoms with Crippen molar-refractivity contribution in [2.45, 2.75) is 13.8 Å². The third-order valence-electron chi connectivity index (χ3n) is 1.79. The van der Waals surface area contributed by atoms with Gasteiger partial charge in [-0.25, -0.2) is 4.39 Å². The lowest BCUT2D eigenvalue weighted by Crippen LogP contribution is -2.07. The van der Waals surface area contributed by atoms with E-state index < -0.39 is 0 Å². The normalized spacial score (nSPS) is 10.7. The van der Waals surface area contributed by atoms with Crippen molar-refractivity contribution in [3.05, 3.63) is 32.5 Å². The highest BCUT2D eigenvalue weighted by Gasteiger charge is 2.14. The van der Waals surface area contributed by atoms with E-state index in [4.69, 9.17) is 0 Å². The Morgan fingerprint density at radius 3 is 2.07 bits per heavy atom. The quantitative estimate of drug-likeness (QED) is 0.589. The highest BCUT2D eigenvalue weighted by Crippen LogP contribution is 2.26. The lowest BCUT2D eigenvalue weighted by atomic mass is 10.0. The second kappa shape index (κ2) is 4.53. The Morgan fingerprint density at radius 2 is 1.71 bits per heavy atom. The summed E-state index contributed by atoms with van der Waals surface area (Å²) < 4.78 is 13.8. The first-order valence-corrected chi connectivity index (χ1v) is 5.71. The number of carbonyl (C=O) groups is 1. The maximum atomic E-state index is 13.2. The molecule has 4 heteroatoms. The topological polar surface area (TPSA) is 17.1 Å². The van der Waals surface area contributed by atoms with Gasteiger partial charge < -0.3 is 0 Å². The van der Waals surface area contributed by atoms with Gasteiger partial charge in [0.2, 0.25) is 0 Å². The number of ketones is 1. The molecular formula is C10H9Br2FO. The molecule has 14 heavy (non-hydrogen) atoms. The lowest BCUT2D eigenvalue weighted by Gasteiger charge is -2.06. The third-order valence-corrected chi connectivity index (χ3v) is 2.95. The van der Waals surface area contributed by atoms with Crippen molar-refractivity contribution in [3.63, 3.8) is 0 Å². The molecule has 0 atom stereocenters. The summed E-state index contributed by atoms with van der Waals surface area (Å²) in [4.78, 5) is 11.6. The molecule has 0 aliphatic rings. The predicted octanol–water partition coefficient (Wildman–Crippen LogP) is 4.19. The SMILES string of the molecule is CC(C)C(=O)c1cc(Br)c(F)c(Br)c1. The molecule has 0 bridgehead atoms. The Kier molecular flexibility index (Phi) is 3.84. The van der Waals surface area contributed by atoms with Crippen LogP contribution in [0.25, 0.3) is 0 Å². The molecule has 76 valence electrons. The Balaban J connectivity index is 3.19. The largest absolute Gasteiger partial charge is 0.294 e. The summed E-state index contributed by atoms with van der Waals surface area (Å²) in [6.07, 6.45) is 0. The molecule has 0 aromatic heterocycles. The van der Waals surface area contributed by atoms with Crippen molar-refractivity contribution in [1.29, 1.82) is 0 Å². The first-order chi connectivity index (χ1) is 6.43. The van der Waals surface area contributed by atoms with Gasteiger partial charge in [-0.05, 0) is 44.0 Å². The Bertz CT molecular complexity index is 351. The zero-order chi connectivity index (χ0) is 10.9. The minimum atomic E-state index is -0.384. The standard InChI is InChI=1S/C10H9Br2FO/c1-5(2)10(14)6-3-7(11)9(13)8(12)4-6/h3-5H,1-2H3. The second-order valence-electron chi connectivity index (χ2n) is 3.27. The predicted molar refractivity (Wildman–Crippen MR) is 61.0 cm³/mol. The molecule has 1 aromatic carbocycles. The fourth-order valence-electron chi connectivity index (χ4n) is 1.03. The Morgan fingerprint density at radius 1 is 1.29 bits per heavy atom. The summed E-state index contributed by atoms with van der Waals surface area (Å²) in [5.74, 6) is -0.462. The summed E-state index contributed by atoms with van der Waals surface area (Å²) in [5.41, 5.74) is 0.514. The number of hydrogen-bond acceptors (Lipinski definition) is 1. The number of Topliss-reactive ketones (excluding diaryl/α,β-unsaturated/α-hetero) is 1. The van der Waals surface area contributed by atoms with Gasteiger partial charge in [0, 0.05) is 11.5 Å². The lowest BCUT2D eigenvalue weighted by molar-refractivity contribution is 0.0939. The maximum Gasteiger partial charge on any atom is 0.165 e. The van der Waals surface area contributed by atoms with E-state index in [1.807, 2.05) is 13.8 Å². The van der Waals surface area contributed by atoms with Crippen LogP contribution in [0.5, 0.6) is 0 Å². The van der Waals surface area contributed by atoms with Crippen LogP contribution >= 0.6 is 31.9 Å². The first-order valence-electron chi connectivity index (χ1n) is 4.12. The van der Waals surface area contributed by atoms with Gasteiger partial charge in [-0.2, -0.15) is 0 Å². The van der Waals surface area contributed by atoms with Gasteiger partial charge in [-0.1, -0.05) is 13.8 Å². The van der Waals surface area contributed by atoms with Gasteiger partial charge in [-0.15, -0.1) is 0 Å². The maximum absolute atomic E-state index is 13.2. The van der Waals surface area contributed by atoms with E-state index in [1.54, 1.807) is 0 Å². The van der Waals surface area contributed by atoms with Gasteiger partial charge in [0.25, 0.3) is 0 Å². The molecule has 0 N–H and O–H groups in total. The fourth-order valence-corrected chi connectivity index (χ4v) is 2.22. The van der Waals surface area contributed by atoms with E-state index in [2.05, 4.69) is 31.9 Å². The summed E-state index contributed by atoms with van der Waals surface area (Å²) in [6, 6.07) is 3.00.